The van der Waals surface area contributed by atoms with Crippen molar-refractivity contribution in [2.24, 2.45) is 0 Å². The number of anilines is 1. The van der Waals surface area contributed by atoms with Crippen molar-refractivity contribution in [3.63, 3.8) is 0 Å². The molecule has 5 nitrogen and oxygen atoms in total. The third kappa shape index (κ3) is 2.48. The van der Waals surface area contributed by atoms with Gasteiger partial charge in [0.25, 0.3) is 11.8 Å². The topological polar surface area (TPSA) is 74.7 Å². The summed E-state index contributed by atoms with van der Waals surface area (Å²) in [6.07, 6.45) is 0. The summed E-state index contributed by atoms with van der Waals surface area (Å²) in [6.45, 7) is 4.00. The lowest BCUT2D eigenvalue weighted by molar-refractivity contribution is 0.0696. The van der Waals surface area contributed by atoms with E-state index < -0.39 is 17.8 Å². The molecule has 0 radical (unpaired) electrons. The fourth-order valence-corrected chi connectivity index (χ4v) is 2.18. The number of benzene rings is 2. The summed E-state index contributed by atoms with van der Waals surface area (Å²) < 4.78 is 0. The zero-order valence-electron chi connectivity index (χ0n) is 12.2. The molecule has 1 aliphatic heterocycles. The third-order valence-electron chi connectivity index (χ3n) is 3.17. The summed E-state index contributed by atoms with van der Waals surface area (Å²) in [5.41, 5.74) is 1.19. The van der Waals surface area contributed by atoms with E-state index in [4.69, 9.17) is 5.11 Å². The smallest absolute Gasteiger partial charge is 0.335 e. The number of carbonyl (C=O) groups is 3. The van der Waals surface area contributed by atoms with Gasteiger partial charge in [-0.2, -0.15) is 0 Å². The first-order valence-electron chi connectivity index (χ1n) is 6.91. The minimum atomic E-state index is -1.06. The Kier molecular flexibility index (Phi) is 4.36. The number of carboxylic acids is 1. The maximum atomic E-state index is 12.2. The SMILES string of the molecule is CC.O=C(O)c1ccc(N2C(=O)c3ccccc3C2=O)cc1. The van der Waals surface area contributed by atoms with E-state index in [0.717, 1.165) is 4.90 Å². The Morgan fingerprint density at radius 2 is 1.32 bits per heavy atom. The quantitative estimate of drug-likeness (QED) is 0.864. The van der Waals surface area contributed by atoms with Crippen LogP contribution in [0.4, 0.5) is 5.69 Å². The molecule has 112 valence electrons. The van der Waals surface area contributed by atoms with Crippen molar-refractivity contribution < 1.29 is 19.5 Å². The van der Waals surface area contributed by atoms with Gasteiger partial charge in [-0.3, -0.25) is 9.59 Å². The number of aromatic carboxylic acids is 1. The van der Waals surface area contributed by atoms with Crippen molar-refractivity contribution >= 4 is 23.5 Å². The van der Waals surface area contributed by atoms with Gasteiger partial charge < -0.3 is 5.11 Å². The monoisotopic (exact) mass is 297 g/mol. The molecule has 0 saturated heterocycles. The van der Waals surface area contributed by atoms with Gasteiger partial charge >= 0.3 is 5.97 Å². The molecular formula is C17H15NO4. The summed E-state index contributed by atoms with van der Waals surface area (Å²) in [5.74, 6) is -1.85. The number of hydrogen-bond donors (Lipinski definition) is 1. The van der Waals surface area contributed by atoms with Crippen molar-refractivity contribution in [1.82, 2.24) is 0 Å². The molecule has 0 aliphatic carbocycles. The van der Waals surface area contributed by atoms with Crippen LogP contribution in [0.2, 0.25) is 0 Å². The van der Waals surface area contributed by atoms with E-state index in [2.05, 4.69) is 0 Å². The highest BCUT2D eigenvalue weighted by atomic mass is 16.4. The van der Waals surface area contributed by atoms with Crippen LogP contribution < -0.4 is 4.90 Å². The van der Waals surface area contributed by atoms with E-state index in [1.165, 1.54) is 24.3 Å². The fraction of sp³-hybridized carbons (Fsp3) is 0.118. The van der Waals surface area contributed by atoms with E-state index in [9.17, 15) is 14.4 Å². The molecule has 0 atom stereocenters. The minimum Gasteiger partial charge on any atom is -0.478 e. The van der Waals surface area contributed by atoms with E-state index in [0.29, 0.717) is 16.8 Å². The first kappa shape index (κ1) is 15.4. The number of hydrogen-bond acceptors (Lipinski definition) is 3. The van der Waals surface area contributed by atoms with Gasteiger partial charge in [-0.1, -0.05) is 26.0 Å². The molecule has 2 amide bonds. The van der Waals surface area contributed by atoms with E-state index in [1.807, 2.05) is 13.8 Å². The van der Waals surface area contributed by atoms with Crippen LogP contribution in [0.3, 0.4) is 0 Å². The molecule has 0 bridgehead atoms. The number of carboxylic acid groups (broad SMARTS) is 1. The molecule has 1 N–H and O–H groups in total. The van der Waals surface area contributed by atoms with Crippen molar-refractivity contribution in [1.29, 1.82) is 0 Å². The number of fused-ring (bicyclic) bond motifs is 1. The average Bonchev–Trinajstić information content (AvgIpc) is 2.81. The Morgan fingerprint density at radius 3 is 1.73 bits per heavy atom. The number of nitrogens with zero attached hydrogens (tertiary/aromatic N) is 1. The second kappa shape index (κ2) is 6.22. The van der Waals surface area contributed by atoms with Crippen LogP contribution in [0.25, 0.3) is 0 Å². The number of amides is 2. The summed E-state index contributed by atoms with van der Waals surface area (Å²) in [7, 11) is 0. The Morgan fingerprint density at radius 1 is 0.864 bits per heavy atom. The molecule has 1 aliphatic rings. The Hall–Kier alpha value is -2.95. The lowest BCUT2D eigenvalue weighted by Gasteiger charge is -2.13. The normalized spacial score (nSPS) is 12.5. The maximum Gasteiger partial charge on any atom is 0.335 e. The number of rotatable bonds is 2. The zero-order valence-corrected chi connectivity index (χ0v) is 12.2. The first-order valence-corrected chi connectivity index (χ1v) is 6.91. The van der Waals surface area contributed by atoms with Crippen molar-refractivity contribution in [2.75, 3.05) is 4.90 Å². The van der Waals surface area contributed by atoms with Crippen LogP contribution in [-0.4, -0.2) is 22.9 Å². The fourth-order valence-electron chi connectivity index (χ4n) is 2.18. The van der Waals surface area contributed by atoms with Crippen molar-refractivity contribution in [3.8, 4) is 0 Å². The van der Waals surface area contributed by atoms with Crippen LogP contribution in [0.5, 0.6) is 0 Å². The number of imide groups is 1. The maximum absolute atomic E-state index is 12.2. The number of carbonyl (C=O) groups excluding carboxylic acids is 2. The van der Waals surface area contributed by atoms with E-state index >= 15 is 0 Å². The molecule has 5 heteroatoms. The average molecular weight is 297 g/mol. The second-order valence-electron chi connectivity index (χ2n) is 4.34. The summed E-state index contributed by atoms with van der Waals surface area (Å²) in [5, 5.41) is 8.84. The van der Waals surface area contributed by atoms with Gasteiger partial charge in [-0.05, 0) is 36.4 Å². The first-order chi connectivity index (χ1) is 10.6. The predicted octanol–water partition coefficient (Wildman–Crippen LogP) is 3.21. The molecule has 2 aromatic carbocycles. The summed E-state index contributed by atoms with van der Waals surface area (Å²) in [6, 6.07) is 12.2. The van der Waals surface area contributed by atoms with Gasteiger partial charge in [0.2, 0.25) is 0 Å². The molecule has 3 rings (SSSR count). The van der Waals surface area contributed by atoms with Crippen molar-refractivity contribution in [3.05, 3.63) is 65.2 Å². The predicted molar refractivity (Wildman–Crippen MR) is 82.3 cm³/mol. The Balaban J connectivity index is 0.000000847. The molecular weight excluding hydrogens is 282 g/mol. The van der Waals surface area contributed by atoms with Crippen LogP contribution in [-0.2, 0) is 0 Å². The van der Waals surface area contributed by atoms with Gasteiger partial charge in [0.1, 0.15) is 0 Å². The highest BCUT2D eigenvalue weighted by Gasteiger charge is 2.36. The van der Waals surface area contributed by atoms with E-state index in [-0.39, 0.29) is 5.56 Å². The zero-order chi connectivity index (χ0) is 16.3. The largest absolute Gasteiger partial charge is 0.478 e. The highest BCUT2D eigenvalue weighted by molar-refractivity contribution is 6.34. The molecule has 0 spiro atoms. The molecule has 0 unspecified atom stereocenters. The van der Waals surface area contributed by atoms with Gasteiger partial charge in [0.05, 0.1) is 22.4 Å². The standard InChI is InChI=1S/C15H9NO4.C2H6/c17-13-11-3-1-2-4-12(11)14(18)16(13)10-7-5-9(6-8-10)15(19)20;1-2/h1-8H,(H,19,20);1-2H3. The minimum absolute atomic E-state index is 0.102. The van der Waals surface area contributed by atoms with Crippen LogP contribution >= 0.6 is 0 Å². The second-order valence-corrected chi connectivity index (χ2v) is 4.34. The molecule has 2 aromatic rings. The Labute approximate surface area is 127 Å². The summed E-state index contributed by atoms with van der Waals surface area (Å²) in [4.78, 5) is 36.3. The third-order valence-corrected chi connectivity index (χ3v) is 3.17. The summed E-state index contributed by atoms with van der Waals surface area (Å²) >= 11 is 0. The van der Waals surface area contributed by atoms with E-state index in [1.54, 1.807) is 24.3 Å². The molecule has 1 heterocycles. The molecule has 22 heavy (non-hydrogen) atoms. The van der Waals surface area contributed by atoms with Gasteiger partial charge in [0, 0.05) is 0 Å². The van der Waals surface area contributed by atoms with Gasteiger partial charge in [0.15, 0.2) is 0 Å². The van der Waals surface area contributed by atoms with Crippen LogP contribution in [0.15, 0.2) is 48.5 Å². The lowest BCUT2D eigenvalue weighted by atomic mass is 10.1. The Bertz CT molecular complexity index is 700. The lowest BCUT2D eigenvalue weighted by Crippen LogP contribution is -2.29. The van der Waals surface area contributed by atoms with Gasteiger partial charge in [-0.15, -0.1) is 0 Å². The molecule has 0 aromatic heterocycles. The van der Waals surface area contributed by atoms with Crippen LogP contribution in [0, 0.1) is 0 Å². The molecule has 0 fully saturated rings. The highest BCUT2D eigenvalue weighted by Crippen LogP contribution is 2.28. The van der Waals surface area contributed by atoms with Crippen LogP contribution in [0.1, 0.15) is 44.9 Å². The van der Waals surface area contributed by atoms with Gasteiger partial charge in [-0.25, -0.2) is 9.69 Å². The molecule has 0 saturated carbocycles. The van der Waals surface area contributed by atoms with Crippen molar-refractivity contribution in [2.45, 2.75) is 13.8 Å².